The molecule has 2 N–H and O–H groups in total. The number of fused-ring (bicyclic) bond motifs is 1. The lowest BCUT2D eigenvalue weighted by Gasteiger charge is -2.17. The summed E-state index contributed by atoms with van der Waals surface area (Å²) >= 11 is 0. The van der Waals surface area contributed by atoms with Gasteiger partial charge >= 0.3 is 0 Å². The molecule has 1 aromatic carbocycles. The third-order valence-electron chi connectivity index (χ3n) is 5.30. The number of rotatable bonds is 4. The molecular formula is C21H21N7O. The highest BCUT2D eigenvalue weighted by Crippen LogP contribution is 2.21. The molecule has 1 aliphatic rings. The topological polar surface area (TPSA) is 91.7 Å². The summed E-state index contributed by atoms with van der Waals surface area (Å²) in [4.78, 5) is 27.2. The lowest BCUT2D eigenvalue weighted by atomic mass is 10.2. The maximum atomic E-state index is 12.8. The highest BCUT2D eigenvalue weighted by atomic mass is 16.2. The van der Waals surface area contributed by atoms with E-state index in [1.54, 1.807) is 10.9 Å². The summed E-state index contributed by atoms with van der Waals surface area (Å²) in [5.41, 5.74) is 3.22. The van der Waals surface area contributed by atoms with Crippen LogP contribution in [0.5, 0.6) is 0 Å². The first-order valence-electron chi connectivity index (χ1n) is 9.63. The quantitative estimate of drug-likeness (QED) is 0.561. The lowest BCUT2D eigenvalue weighted by molar-refractivity contribution is 0.0936. The summed E-state index contributed by atoms with van der Waals surface area (Å²) in [6.45, 7) is 1.47. The van der Waals surface area contributed by atoms with Gasteiger partial charge in [0.15, 0.2) is 5.69 Å². The monoisotopic (exact) mass is 387 g/mol. The fourth-order valence-electron chi connectivity index (χ4n) is 3.84. The van der Waals surface area contributed by atoms with Crippen LogP contribution in [0.4, 0.5) is 5.95 Å². The number of hydrogen-bond acceptors (Lipinski definition) is 5. The minimum Gasteiger partial charge on any atom is -0.360 e. The van der Waals surface area contributed by atoms with Gasteiger partial charge in [0.1, 0.15) is 0 Å². The van der Waals surface area contributed by atoms with Gasteiger partial charge < -0.3 is 15.2 Å². The van der Waals surface area contributed by atoms with Gasteiger partial charge in [-0.1, -0.05) is 18.2 Å². The van der Waals surface area contributed by atoms with Crippen molar-refractivity contribution in [1.29, 1.82) is 0 Å². The predicted molar refractivity (Wildman–Crippen MR) is 111 cm³/mol. The van der Waals surface area contributed by atoms with Crippen molar-refractivity contribution in [2.24, 2.45) is 7.05 Å². The Morgan fingerprint density at radius 1 is 1.21 bits per heavy atom. The molecule has 4 aromatic rings. The number of benzene rings is 1. The standard InChI is InChI=1S/C21H21N7O/c1-27-18-7-3-2-5-15(18)19(26-27)20(29)24-14-9-12-28(13-14)21-23-11-8-17(25-21)16-6-4-10-22-16/h2-8,10-11,14,22H,9,12-13H2,1H3,(H,24,29). The van der Waals surface area contributed by atoms with Gasteiger partial charge in [0.25, 0.3) is 5.91 Å². The minimum absolute atomic E-state index is 0.0287. The average Bonchev–Trinajstić information content (AvgIpc) is 3.49. The van der Waals surface area contributed by atoms with Crippen molar-refractivity contribution in [1.82, 2.24) is 30.0 Å². The molecule has 29 heavy (non-hydrogen) atoms. The van der Waals surface area contributed by atoms with Crippen LogP contribution in [0.3, 0.4) is 0 Å². The molecule has 1 unspecified atom stereocenters. The van der Waals surface area contributed by atoms with Crippen LogP contribution in [-0.4, -0.2) is 49.8 Å². The van der Waals surface area contributed by atoms with Crippen molar-refractivity contribution >= 4 is 22.8 Å². The lowest BCUT2D eigenvalue weighted by Crippen LogP contribution is -2.37. The number of anilines is 1. The molecule has 1 fully saturated rings. The smallest absolute Gasteiger partial charge is 0.272 e. The van der Waals surface area contributed by atoms with Crippen molar-refractivity contribution < 1.29 is 4.79 Å². The molecule has 146 valence electrons. The van der Waals surface area contributed by atoms with E-state index < -0.39 is 0 Å². The molecule has 0 spiro atoms. The van der Waals surface area contributed by atoms with Crippen molar-refractivity contribution in [2.45, 2.75) is 12.5 Å². The Morgan fingerprint density at radius 2 is 2.10 bits per heavy atom. The summed E-state index contributed by atoms with van der Waals surface area (Å²) in [6, 6.07) is 13.6. The van der Waals surface area contributed by atoms with Crippen LogP contribution in [0.25, 0.3) is 22.3 Å². The Labute approximate surface area is 167 Å². The molecule has 1 atom stereocenters. The Hall–Kier alpha value is -3.68. The highest BCUT2D eigenvalue weighted by molar-refractivity contribution is 6.05. The molecule has 3 aromatic heterocycles. The summed E-state index contributed by atoms with van der Waals surface area (Å²) < 4.78 is 1.74. The SMILES string of the molecule is Cn1nc(C(=O)NC2CCN(c3nccc(-c4ccc[nH]4)n3)C2)c2ccccc21. The Balaban J connectivity index is 1.30. The number of carbonyl (C=O) groups excluding carboxylic acids is 1. The van der Waals surface area contributed by atoms with Gasteiger partial charge in [-0.05, 0) is 30.7 Å². The fraction of sp³-hybridized carbons (Fsp3) is 0.238. The number of aromatic amines is 1. The number of aromatic nitrogens is 5. The molecule has 1 amide bonds. The maximum Gasteiger partial charge on any atom is 0.272 e. The normalized spacial score (nSPS) is 16.4. The zero-order chi connectivity index (χ0) is 19.8. The molecule has 8 nitrogen and oxygen atoms in total. The van der Waals surface area contributed by atoms with Crippen molar-refractivity contribution in [3.8, 4) is 11.4 Å². The van der Waals surface area contributed by atoms with E-state index in [-0.39, 0.29) is 11.9 Å². The predicted octanol–water partition coefficient (Wildman–Crippen LogP) is 2.37. The Bertz CT molecular complexity index is 1160. The number of H-pyrrole nitrogens is 1. The molecule has 5 rings (SSSR count). The van der Waals surface area contributed by atoms with Gasteiger partial charge in [-0.15, -0.1) is 0 Å². The van der Waals surface area contributed by atoms with Crippen molar-refractivity contribution in [3.63, 3.8) is 0 Å². The van der Waals surface area contributed by atoms with E-state index >= 15 is 0 Å². The number of nitrogens with zero attached hydrogens (tertiary/aromatic N) is 5. The second-order valence-corrected chi connectivity index (χ2v) is 7.22. The van der Waals surface area contributed by atoms with Gasteiger partial charge in [0.2, 0.25) is 5.95 Å². The number of aryl methyl sites for hydroxylation is 1. The number of nitrogens with one attached hydrogen (secondary N) is 2. The van der Waals surface area contributed by atoms with E-state index in [9.17, 15) is 4.79 Å². The molecule has 4 heterocycles. The molecule has 0 radical (unpaired) electrons. The zero-order valence-electron chi connectivity index (χ0n) is 16.0. The van der Waals surface area contributed by atoms with E-state index in [2.05, 4.69) is 30.3 Å². The van der Waals surface area contributed by atoms with Crippen molar-refractivity contribution in [3.05, 3.63) is 60.6 Å². The van der Waals surface area contributed by atoms with Gasteiger partial charge in [-0.2, -0.15) is 5.10 Å². The molecular weight excluding hydrogens is 366 g/mol. The first kappa shape index (κ1) is 17.4. The second-order valence-electron chi connectivity index (χ2n) is 7.22. The molecule has 0 bridgehead atoms. The van der Waals surface area contributed by atoms with Gasteiger partial charge in [0, 0.05) is 44.0 Å². The zero-order valence-corrected chi connectivity index (χ0v) is 16.0. The number of carbonyl (C=O) groups is 1. The molecule has 1 aliphatic heterocycles. The number of hydrogen-bond donors (Lipinski definition) is 2. The third kappa shape index (κ3) is 3.22. The van der Waals surface area contributed by atoms with E-state index in [0.717, 1.165) is 35.3 Å². The van der Waals surface area contributed by atoms with Crippen LogP contribution < -0.4 is 10.2 Å². The summed E-state index contributed by atoms with van der Waals surface area (Å²) in [5, 5.41) is 8.40. The largest absolute Gasteiger partial charge is 0.360 e. The molecule has 8 heteroatoms. The second kappa shape index (κ2) is 7.05. The summed E-state index contributed by atoms with van der Waals surface area (Å²) in [5.74, 6) is 0.534. The van der Waals surface area contributed by atoms with Crippen LogP contribution >= 0.6 is 0 Å². The third-order valence-corrected chi connectivity index (χ3v) is 5.30. The molecule has 0 saturated carbocycles. The van der Waals surface area contributed by atoms with E-state index in [0.29, 0.717) is 18.2 Å². The van der Waals surface area contributed by atoms with Gasteiger partial charge in [-0.3, -0.25) is 9.48 Å². The van der Waals surface area contributed by atoms with Crippen LogP contribution in [0, 0.1) is 0 Å². The minimum atomic E-state index is -0.144. The highest BCUT2D eigenvalue weighted by Gasteiger charge is 2.27. The van der Waals surface area contributed by atoms with Crippen LogP contribution in [-0.2, 0) is 7.05 Å². The van der Waals surface area contributed by atoms with Gasteiger partial charge in [0.05, 0.1) is 16.9 Å². The van der Waals surface area contributed by atoms with Crippen molar-refractivity contribution in [2.75, 3.05) is 18.0 Å². The van der Waals surface area contributed by atoms with Crippen LogP contribution in [0.1, 0.15) is 16.9 Å². The molecule has 0 aliphatic carbocycles. The van der Waals surface area contributed by atoms with Crippen LogP contribution in [0.15, 0.2) is 54.9 Å². The average molecular weight is 387 g/mol. The Morgan fingerprint density at radius 3 is 2.97 bits per heavy atom. The first-order valence-corrected chi connectivity index (χ1v) is 9.63. The number of amides is 1. The van der Waals surface area contributed by atoms with E-state index in [1.807, 2.05) is 55.7 Å². The summed E-state index contributed by atoms with van der Waals surface area (Å²) in [7, 11) is 1.85. The van der Waals surface area contributed by atoms with Gasteiger partial charge in [-0.25, -0.2) is 9.97 Å². The number of para-hydroxylation sites is 1. The first-order chi connectivity index (χ1) is 14.2. The Kier molecular flexibility index (Phi) is 4.23. The fourth-order valence-corrected chi connectivity index (χ4v) is 3.84. The van der Waals surface area contributed by atoms with E-state index in [4.69, 9.17) is 0 Å². The van der Waals surface area contributed by atoms with E-state index in [1.165, 1.54) is 0 Å². The summed E-state index contributed by atoms with van der Waals surface area (Å²) in [6.07, 6.45) is 4.48. The van der Waals surface area contributed by atoms with Crippen LogP contribution in [0.2, 0.25) is 0 Å². The molecule has 1 saturated heterocycles. The maximum absolute atomic E-state index is 12.8.